The Hall–Kier alpha value is -0.960. The summed E-state index contributed by atoms with van der Waals surface area (Å²) in [6, 6.07) is 3.84. The molecular formula is C12H21N3O3S2. The predicted octanol–water partition coefficient (Wildman–Crippen LogP) is 0.178. The van der Waals surface area contributed by atoms with Crippen LogP contribution in [-0.2, 0) is 16.4 Å². The van der Waals surface area contributed by atoms with Gasteiger partial charge in [0, 0.05) is 24.0 Å². The van der Waals surface area contributed by atoms with Crippen molar-refractivity contribution in [2.24, 2.45) is 0 Å². The van der Waals surface area contributed by atoms with Gasteiger partial charge in [-0.05, 0) is 32.5 Å². The largest absolute Gasteiger partial charge is 0.350 e. The van der Waals surface area contributed by atoms with Gasteiger partial charge in [0.15, 0.2) is 0 Å². The zero-order valence-corrected chi connectivity index (χ0v) is 13.5. The van der Waals surface area contributed by atoms with Crippen LogP contribution in [0.25, 0.3) is 0 Å². The third-order valence-corrected chi connectivity index (χ3v) is 4.55. The van der Waals surface area contributed by atoms with Crippen molar-refractivity contribution in [1.82, 2.24) is 15.4 Å². The molecule has 0 spiro atoms. The van der Waals surface area contributed by atoms with E-state index in [0.29, 0.717) is 24.4 Å². The Labute approximate surface area is 124 Å². The van der Waals surface area contributed by atoms with Crippen molar-refractivity contribution in [3.63, 3.8) is 0 Å². The zero-order valence-electron chi connectivity index (χ0n) is 11.9. The van der Waals surface area contributed by atoms with Crippen LogP contribution in [-0.4, -0.2) is 46.8 Å². The lowest BCUT2D eigenvalue weighted by atomic mass is 10.3. The number of likely N-dealkylation sites (N-methyl/N-ethyl adjacent to an activating group) is 1. The van der Waals surface area contributed by atoms with E-state index in [1.807, 2.05) is 20.0 Å². The van der Waals surface area contributed by atoms with Crippen LogP contribution in [0.3, 0.4) is 0 Å². The van der Waals surface area contributed by atoms with Gasteiger partial charge in [0.1, 0.15) is 0 Å². The van der Waals surface area contributed by atoms with Crippen LogP contribution < -0.4 is 15.4 Å². The van der Waals surface area contributed by atoms with E-state index in [-0.39, 0.29) is 11.9 Å². The Morgan fingerprint density at radius 1 is 1.40 bits per heavy atom. The molecule has 1 heterocycles. The molecule has 0 bridgehead atoms. The van der Waals surface area contributed by atoms with Crippen molar-refractivity contribution in [2.45, 2.75) is 19.4 Å². The number of amides is 1. The lowest BCUT2D eigenvalue weighted by Crippen LogP contribution is -2.36. The fraction of sp³-hybridized carbons (Fsp3) is 0.583. The molecule has 0 aliphatic rings. The first-order chi connectivity index (χ1) is 9.31. The molecule has 0 fully saturated rings. The van der Waals surface area contributed by atoms with Gasteiger partial charge in [0.2, 0.25) is 10.0 Å². The highest BCUT2D eigenvalue weighted by Crippen LogP contribution is 2.16. The summed E-state index contributed by atoms with van der Waals surface area (Å²) in [6.45, 7) is 2.90. The normalized spacial score (nSPS) is 13.2. The van der Waals surface area contributed by atoms with Gasteiger partial charge in [0.25, 0.3) is 5.91 Å². The van der Waals surface area contributed by atoms with E-state index in [0.717, 1.165) is 11.1 Å². The predicted molar refractivity (Wildman–Crippen MR) is 81.7 cm³/mol. The van der Waals surface area contributed by atoms with Crippen molar-refractivity contribution in [3.8, 4) is 0 Å². The smallest absolute Gasteiger partial charge is 0.261 e. The van der Waals surface area contributed by atoms with Crippen LogP contribution >= 0.6 is 11.3 Å². The molecule has 114 valence electrons. The standard InChI is InChI=1S/C12H21N3O3S2/c1-9(13-2)8-14-12(16)11-5-4-10(19-11)6-7-15-20(3,17)18/h4-5,9,13,15H,6-8H2,1-3H3,(H,14,16). The number of hydrogen-bond donors (Lipinski definition) is 3. The van der Waals surface area contributed by atoms with Gasteiger partial charge in [-0.25, -0.2) is 13.1 Å². The molecule has 0 aliphatic carbocycles. The van der Waals surface area contributed by atoms with Crippen LogP contribution in [0.15, 0.2) is 12.1 Å². The van der Waals surface area contributed by atoms with Gasteiger partial charge >= 0.3 is 0 Å². The number of nitrogens with one attached hydrogen (secondary N) is 3. The SMILES string of the molecule is CNC(C)CNC(=O)c1ccc(CCNS(C)(=O)=O)s1. The molecule has 0 saturated heterocycles. The van der Waals surface area contributed by atoms with Crippen molar-refractivity contribution < 1.29 is 13.2 Å². The third kappa shape index (κ3) is 6.47. The first-order valence-electron chi connectivity index (χ1n) is 6.30. The Morgan fingerprint density at radius 2 is 2.10 bits per heavy atom. The molecule has 1 unspecified atom stereocenters. The Morgan fingerprint density at radius 3 is 2.70 bits per heavy atom. The molecule has 1 atom stereocenters. The Bertz CT molecular complexity index is 540. The highest BCUT2D eigenvalue weighted by Gasteiger charge is 2.10. The summed E-state index contributed by atoms with van der Waals surface area (Å²) in [6.07, 6.45) is 1.71. The molecule has 20 heavy (non-hydrogen) atoms. The second kappa shape index (κ2) is 7.72. The van der Waals surface area contributed by atoms with Crippen molar-refractivity contribution in [3.05, 3.63) is 21.9 Å². The molecule has 1 rings (SSSR count). The van der Waals surface area contributed by atoms with Crippen molar-refractivity contribution >= 4 is 27.3 Å². The van der Waals surface area contributed by atoms with Crippen LogP contribution in [0.5, 0.6) is 0 Å². The summed E-state index contributed by atoms with van der Waals surface area (Å²) >= 11 is 1.38. The number of carbonyl (C=O) groups is 1. The minimum Gasteiger partial charge on any atom is -0.350 e. The molecule has 8 heteroatoms. The molecule has 1 aromatic heterocycles. The number of carbonyl (C=O) groups excluding carboxylic acids is 1. The van der Waals surface area contributed by atoms with Gasteiger partial charge in [-0.1, -0.05) is 0 Å². The minimum absolute atomic E-state index is 0.0978. The molecule has 3 N–H and O–H groups in total. The van der Waals surface area contributed by atoms with Gasteiger partial charge in [-0.15, -0.1) is 11.3 Å². The second-order valence-electron chi connectivity index (χ2n) is 4.58. The average Bonchev–Trinajstić information content (AvgIpc) is 2.82. The quantitative estimate of drug-likeness (QED) is 0.638. The maximum Gasteiger partial charge on any atom is 0.261 e. The van der Waals surface area contributed by atoms with Crippen LogP contribution in [0, 0.1) is 0 Å². The van der Waals surface area contributed by atoms with E-state index in [9.17, 15) is 13.2 Å². The molecule has 0 aromatic carbocycles. The van der Waals surface area contributed by atoms with Gasteiger partial charge < -0.3 is 10.6 Å². The van der Waals surface area contributed by atoms with Crippen molar-refractivity contribution in [1.29, 1.82) is 0 Å². The van der Waals surface area contributed by atoms with Crippen LogP contribution in [0.1, 0.15) is 21.5 Å². The fourth-order valence-electron chi connectivity index (χ4n) is 1.43. The first-order valence-corrected chi connectivity index (χ1v) is 9.01. The number of sulfonamides is 1. The topological polar surface area (TPSA) is 87.3 Å². The zero-order chi connectivity index (χ0) is 15.2. The summed E-state index contributed by atoms with van der Waals surface area (Å²) < 4.78 is 24.3. The van der Waals surface area contributed by atoms with E-state index in [1.54, 1.807) is 6.07 Å². The Kier molecular flexibility index (Phi) is 6.60. The lowest BCUT2D eigenvalue weighted by Gasteiger charge is -2.10. The number of hydrogen-bond acceptors (Lipinski definition) is 5. The van der Waals surface area contributed by atoms with Crippen LogP contribution in [0.4, 0.5) is 0 Å². The van der Waals surface area contributed by atoms with E-state index >= 15 is 0 Å². The maximum absolute atomic E-state index is 11.9. The number of thiophene rings is 1. The average molecular weight is 319 g/mol. The molecular weight excluding hydrogens is 298 g/mol. The summed E-state index contributed by atoms with van der Waals surface area (Å²) in [5, 5.41) is 5.88. The van der Waals surface area contributed by atoms with Gasteiger partial charge in [-0.3, -0.25) is 4.79 Å². The molecule has 0 radical (unpaired) electrons. The second-order valence-corrected chi connectivity index (χ2v) is 7.58. The van der Waals surface area contributed by atoms with E-state index < -0.39 is 10.0 Å². The van der Waals surface area contributed by atoms with E-state index in [1.165, 1.54) is 11.3 Å². The highest BCUT2D eigenvalue weighted by molar-refractivity contribution is 7.88. The third-order valence-electron chi connectivity index (χ3n) is 2.68. The highest BCUT2D eigenvalue weighted by atomic mass is 32.2. The fourth-order valence-corrected chi connectivity index (χ4v) is 2.83. The van der Waals surface area contributed by atoms with Gasteiger partial charge in [0.05, 0.1) is 11.1 Å². The van der Waals surface area contributed by atoms with E-state index in [4.69, 9.17) is 0 Å². The summed E-state index contributed by atoms with van der Waals surface area (Å²) in [7, 11) is -1.31. The number of rotatable bonds is 8. The first kappa shape index (κ1) is 17.1. The van der Waals surface area contributed by atoms with Gasteiger partial charge in [-0.2, -0.15) is 0 Å². The summed E-state index contributed by atoms with van der Waals surface area (Å²) in [5.74, 6) is -0.0978. The van der Waals surface area contributed by atoms with Crippen molar-refractivity contribution in [2.75, 3.05) is 26.4 Å². The summed E-state index contributed by atoms with van der Waals surface area (Å²) in [5.41, 5.74) is 0. The summed E-state index contributed by atoms with van der Waals surface area (Å²) in [4.78, 5) is 13.5. The minimum atomic E-state index is -3.16. The molecule has 1 aromatic rings. The van der Waals surface area contributed by atoms with E-state index in [2.05, 4.69) is 15.4 Å². The molecule has 0 aliphatic heterocycles. The molecule has 0 saturated carbocycles. The van der Waals surface area contributed by atoms with Crippen LogP contribution in [0.2, 0.25) is 0 Å². The molecule has 1 amide bonds. The molecule has 6 nitrogen and oxygen atoms in total. The lowest BCUT2D eigenvalue weighted by molar-refractivity contribution is 0.0954. The monoisotopic (exact) mass is 319 g/mol. The maximum atomic E-state index is 11.9. The Balaban J connectivity index is 2.44.